The molecule has 0 unspecified atom stereocenters. The molecule has 0 fully saturated rings. The number of likely N-dealkylation sites (N-methyl/N-ethyl adjacent to an activating group) is 1. The van der Waals surface area contributed by atoms with Gasteiger partial charge in [0.25, 0.3) is 0 Å². The van der Waals surface area contributed by atoms with Crippen LogP contribution in [0.15, 0.2) is 109 Å². The Morgan fingerprint density at radius 1 is 0.675 bits per heavy atom. The van der Waals surface area contributed by atoms with Crippen molar-refractivity contribution in [1.82, 2.24) is 4.90 Å². The summed E-state index contributed by atoms with van der Waals surface area (Å²) >= 11 is 0. The molecule has 1 amide bonds. The summed E-state index contributed by atoms with van der Waals surface area (Å²) in [4.78, 5) is 13.3. The third kappa shape index (κ3) is 7.76. The molecule has 5 heteroatoms. The molecule has 206 valence electrons. The highest BCUT2D eigenvalue weighted by Gasteiger charge is 2.14. The Hall–Kier alpha value is -4.51. The molecule has 4 aromatic rings. The Kier molecular flexibility index (Phi) is 10.4. The summed E-state index contributed by atoms with van der Waals surface area (Å²) < 4.78 is 17.0. The van der Waals surface area contributed by atoms with Crippen LogP contribution >= 0.6 is 0 Å². The van der Waals surface area contributed by atoms with E-state index in [0.29, 0.717) is 26.4 Å². The average Bonchev–Trinajstić information content (AvgIpc) is 3.00. The van der Waals surface area contributed by atoms with E-state index in [4.69, 9.17) is 14.2 Å². The highest BCUT2D eigenvalue weighted by atomic mass is 16.6. The fourth-order valence-electron chi connectivity index (χ4n) is 4.48. The van der Waals surface area contributed by atoms with E-state index in [9.17, 15) is 4.79 Å². The fourth-order valence-corrected chi connectivity index (χ4v) is 4.48. The van der Waals surface area contributed by atoms with Gasteiger partial charge in [0.15, 0.2) is 0 Å². The van der Waals surface area contributed by atoms with Crippen molar-refractivity contribution in [3.05, 3.63) is 131 Å². The predicted octanol–water partition coefficient (Wildman–Crippen LogP) is 8.10. The van der Waals surface area contributed by atoms with Gasteiger partial charge < -0.3 is 19.1 Å². The molecule has 0 saturated carbocycles. The Labute approximate surface area is 237 Å². The molecule has 0 atom stereocenters. The van der Waals surface area contributed by atoms with E-state index in [1.54, 1.807) is 14.0 Å². The molecular formula is C35H37NO4. The quantitative estimate of drug-likeness (QED) is 0.172. The van der Waals surface area contributed by atoms with Crippen molar-refractivity contribution < 1.29 is 19.0 Å². The lowest BCUT2D eigenvalue weighted by Crippen LogP contribution is -2.31. The van der Waals surface area contributed by atoms with Gasteiger partial charge in [-0.15, -0.1) is 0 Å². The van der Waals surface area contributed by atoms with Crippen LogP contribution in [0.2, 0.25) is 0 Å². The van der Waals surface area contributed by atoms with Crippen molar-refractivity contribution >= 4 is 17.2 Å². The topological polar surface area (TPSA) is 48.0 Å². The van der Waals surface area contributed by atoms with Gasteiger partial charge in [0.1, 0.15) is 24.7 Å². The van der Waals surface area contributed by atoms with Crippen LogP contribution in [0.4, 0.5) is 4.79 Å². The average molecular weight is 536 g/mol. The summed E-state index contributed by atoms with van der Waals surface area (Å²) in [5.41, 5.74) is 7.01. The van der Waals surface area contributed by atoms with Crippen LogP contribution < -0.4 is 9.47 Å². The summed E-state index contributed by atoms with van der Waals surface area (Å²) in [6, 6.07) is 37.2. The zero-order chi connectivity index (χ0) is 28.2. The van der Waals surface area contributed by atoms with E-state index in [-0.39, 0.29) is 6.09 Å². The van der Waals surface area contributed by atoms with Gasteiger partial charge in [-0.2, -0.15) is 0 Å². The van der Waals surface area contributed by atoms with Crippen molar-refractivity contribution in [1.29, 1.82) is 0 Å². The van der Waals surface area contributed by atoms with Crippen molar-refractivity contribution in [3.63, 3.8) is 0 Å². The van der Waals surface area contributed by atoms with E-state index in [1.807, 2.05) is 48.5 Å². The largest absolute Gasteiger partial charge is 0.492 e. The van der Waals surface area contributed by atoms with Crippen molar-refractivity contribution in [3.8, 4) is 11.5 Å². The van der Waals surface area contributed by atoms with Crippen LogP contribution in [0, 0.1) is 0 Å². The fraction of sp³-hybridized carbons (Fsp3) is 0.229. The smallest absolute Gasteiger partial charge is 0.409 e. The van der Waals surface area contributed by atoms with Crippen molar-refractivity contribution in [2.75, 3.05) is 26.8 Å². The number of carbonyl (C=O) groups excluding carboxylic acids is 1. The van der Waals surface area contributed by atoms with Crippen molar-refractivity contribution in [2.45, 2.75) is 26.9 Å². The molecule has 4 aromatic carbocycles. The maximum Gasteiger partial charge on any atom is 0.409 e. The zero-order valence-corrected chi connectivity index (χ0v) is 23.5. The number of nitrogens with zero attached hydrogens (tertiary/aromatic N) is 1. The lowest BCUT2D eigenvalue weighted by Gasteiger charge is -2.18. The van der Waals surface area contributed by atoms with E-state index in [1.165, 1.54) is 21.6 Å². The van der Waals surface area contributed by atoms with Gasteiger partial charge in [0.05, 0.1) is 13.2 Å². The maximum atomic E-state index is 11.8. The lowest BCUT2D eigenvalue weighted by atomic mass is 9.88. The molecule has 0 aliphatic heterocycles. The highest BCUT2D eigenvalue weighted by molar-refractivity contribution is 5.98. The van der Waals surface area contributed by atoms with Gasteiger partial charge in [-0.05, 0) is 71.0 Å². The van der Waals surface area contributed by atoms with E-state index in [0.717, 1.165) is 34.6 Å². The zero-order valence-electron chi connectivity index (χ0n) is 23.5. The second-order valence-electron chi connectivity index (χ2n) is 9.37. The first-order valence-electron chi connectivity index (χ1n) is 13.8. The Bertz CT molecular complexity index is 1360. The number of allylic oxidation sites excluding steroid dienone is 1. The monoisotopic (exact) mass is 535 g/mol. The molecule has 40 heavy (non-hydrogen) atoms. The molecular weight excluding hydrogens is 498 g/mol. The van der Waals surface area contributed by atoms with E-state index >= 15 is 0 Å². The molecule has 4 rings (SSSR count). The molecule has 0 aliphatic carbocycles. The first kappa shape index (κ1) is 28.5. The standard InChI is InChI=1S/C35H37NO4/c1-4-33(28-14-10-7-11-15-28)34(30-18-22-32(23-19-30)40-26-27-12-8-6-9-13-27)29-16-20-31(21-17-29)39-25-24-36(3)35(37)38-5-2/h6-23H,4-5,24-26H2,1-3H3/b34-33+. The Morgan fingerprint density at radius 3 is 1.77 bits per heavy atom. The maximum absolute atomic E-state index is 11.8. The third-order valence-corrected chi connectivity index (χ3v) is 6.59. The highest BCUT2D eigenvalue weighted by Crippen LogP contribution is 2.35. The lowest BCUT2D eigenvalue weighted by molar-refractivity contribution is 0.110. The number of benzene rings is 4. The Morgan fingerprint density at radius 2 is 1.23 bits per heavy atom. The number of carbonyl (C=O) groups is 1. The minimum Gasteiger partial charge on any atom is -0.492 e. The van der Waals surface area contributed by atoms with Crippen LogP contribution in [0.5, 0.6) is 11.5 Å². The second-order valence-corrected chi connectivity index (χ2v) is 9.37. The first-order chi connectivity index (χ1) is 19.6. The molecule has 0 radical (unpaired) electrons. The van der Waals surface area contributed by atoms with Crippen LogP contribution in [-0.4, -0.2) is 37.8 Å². The summed E-state index contributed by atoms with van der Waals surface area (Å²) in [6.45, 7) is 5.70. The molecule has 0 spiro atoms. The van der Waals surface area contributed by atoms with E-state index < -0.39 is 0 Å². The van der Waals surface area contributed by atoms with Gasteiger partial charge in [-0.25, -0.2) is 4.79 Å². The van der Waals surface area contributed by atoms with Crippen molar-refractivity contribution in [2.24, 2.45) is 0 Å². The number of amides is 1. The van der Waals surface area contributed by atoms with Crippen LogP contribution in [0.1, 0.15) is 42.5 Å². The number of ether oxygens (including phenoxy) is 3. The molecule has 0 aliphatic rings. The molecule has 5 nitrogen and oxygen atoms in total. The van der Waals surface area contributed by atoms with Gasteiger partial charge in [-0.1, -0.05) is 91.9 Å². The molecule has 0 heterocycles. The number of hydrogen-bond donors (Lipinski definition) is 0. The molecule has 0 aromatic heterocycles. The minimum absolute atomic E-state index is 0.347. The van der Waals surface area contributed by atoms with Gasteiger partial charge in [0.2, 0.25) is 0 Å². The minimum atomic E-state index is -0.347. The third-order valence-electron chi connectivity index (χ3n) is 6.59. The molecule has 0 N–H and O–H groups in total. The summed E-state index contributed by atoms with van der Waals surface area (Å²) in [6.07, 6.45) is 0.532. The SMILES string of the molecule is CCOC(=O)N(C)CCOc1ccc(/C(=C(/CC)c2ccccc2)c2ccc(OCc3ccccc3)cc2)cc1. The van der Waals surface area contributed by atoms with Gasteiger partial charge in [0, 0.05) is 7.05 Å². The number of rotatable bonds is 12. The summed E-state index contributed by atoms with van der Waals surface area (Å²) in [5.74, 6) is 1.59. The molecule has 0 bridgehead atoms. The number of hydrogen-bond acceptors (Lipinski definition) is 4. The van der Waals surface area contributed by atoms with Crippen LogP contribution in [0.3, 0.4) is 0 Å². The van der Waals surface area contributed by atoms with E-state index in [2.05, 4.69) is 67.6 Å². The van der Waals surface area contributed by atoms with Gasteiger partial charge in [-0.3, -0.25) is 0 Å². The molecule has 0 saturated heterocycles. The van der Waals surface area contributed by atoms with Crippen LogP contribution in [-0.2, 0) is 11.3 Å². The normalized spacial score (nSPS) is 11.4. The van der Waals surface area contributed by atoms with Gasteiger partial charge >= 0.3 is 6.09 Å². The summed E-state index contributed by atoms with van der Waals surface area (Å²) in [5, 5.41) is 0. The van der Waals surface area contributed by atoms with Crippen LogP contribution in [0.25, 0.3) is 11.1 Å². The predicted molar refractivity (Wildman–Crippen MR) is 161 cm³/mol. The second kappa shape index (κ2) is 14.6. The summed E-state index contributed by atoms with van der Waals surface area (Å²) in [7, 11) is 1.70. The Balaban J connectivity index is 1.55. The first-order valence-corrected chi connectivity index (χ1v) is 13.8.